The van der Waals surface area contributed by atoms with Crippen LogP contribution in [-0.2, 0) is 11.2 Å². The van der Waals surface area contributed by atoms with Crippen molar-refractivity contribution in [3.63, 3.8) is 0 Å². The lowest BCUT2D eigenvalue weighted by atomic mass is 10.1. The molecular formula is C24H19ClFN3O2S. The maximum absolute atomic E-state index is 13.3. The van der Waals surface area contributed by atoms with E-state index in [1.807, 2.05) is 48.5 Å². The number of hydrogen-bond acceptors (Lipinski definition) is 5. The number of aromatic nitrogens is 2. The molecule has 0 saturated heterocycles. The van der Waals surface area contributed by atoms with Gasteiger partial charge in [0.25, 0.3) is 0 Å². The van der Waals surface area contributed by atoms with Crippen LogP contribution in [0.15, 0.2) is 71.8 Å². The van der Waals surface area contributed by atoms with Crippen LogP contribution in [-0.4, -0.2) is 28.7 Å². The summed E-state index contributed by atoms with van der Waals surface area (Å²) in [5.41, 5.74) is 3.71. The SMILES string of the molecule is COc1ccccc1Cc1nc2ccccc2nc1SCC(=O)Nc1ccc(F)c(Cl)c1. The third-order valence-corrected chi connectivity index (χ3v) is 6.00. The van der Waals surface area contributed by atoms with Gasteiger partial charge in [0, 0.05) is 17.7 Å². The molecule has 0 fully saturated rings. The normalized spacial score (nSPS) is 10.8. The van der Waals surface area contributed by atoms with Crippen LogP contribution in [0.1, 0.15) is 11.3 Å². The number of amides is 1. The number of nitrogens with zero attached hydrogens (tertiary/aromatic N) is 2. The number of thioether (sulfide) groups is 1. The number of benzene rings is 3. The zero-order chi connectivity index (χ0) is 22.5. The smallest absolute Gasteiger partial charge is 0.234 e. The molecule has 0 saturated carbocycles. The Labute approximate surface area is 194 Å². The number of ether oxygens (including phenoxy) is 1. The summed E-state index contributed by atoms with van der Waals surface area (Å²) in [7, 11) is 1.63. The Morgan fingerprint density at radius 1 is 1.06 bits per heavy atom. The van der Waals surface area contributed by atoms with Gasteiger partial charge in [0.2, 0.25) is 5.91 Å². The molecule has 0 atom stereocenters. The fourth-order valence-corrected chi connectivity index (χ4v) is 4.15. The van der Waals surface area contributed by atoms with Gasteiger partial charge in [0.05, 0.1) is 34.6 Å². The first-order valence-electron chi connectivity index (χ1n) is 9.79. The minimum atomic E-state index is -0.536. The lowest BCUT2D eigenvalue weighted by Crippen LogP contribution is -2.14. The van der Waals surface area contributed by atoms with Crippen LogP contribution in [0.2, 0.25) is 5.02 Å². The van der Waals surface area contributed by atoms with Gasteiger partial charge in [-0.2, -0.15) is 0 Å². The number of carbonyl (C=O) groups is 1. The van der Waals surface area contributed by atoms with Crippen molar-refractivity contribution in [1.82, 2.24) is 9.97 Å². The van der Waals surface area contributed by atoms with E-state index in [-0.39, 0.29) is 16.7 Å². The van der Waals surface area contributed by atoms with E-state index in [4.69, 9.17) is 26.3 Å². The van der Waals surface area contributed by atoms with Gasteiger partial charge in [0.1, 0.15) is 16.6 Å². The predicted molar refractivity (Wildman–Crippen MR) is 126 cm³/mol. The monoisotopic (exact) mass is 467 g/mol. The average molecular weight is 468 g/mol. The van der Waals surface area contributed by atoms with Gasteiger partial charge in [-0.25, -0.2) is 14.4 Å². The molecule has 0 aliphatic heterocycles. The maximum Gasteiger partial charge on any atom is 0.234 e. The Bertz CT molecular complexity index is 1290. The minimum absolute atomic E-state index is 0.0463. The zero-order valence-electron chi connectivity index (χ0n) is 17.1. The second-order valence-electron chi connectivity index (χ2n) is 6.92. The highest BCUT2D eigenvalue weighted by Gasteiger charge is 2.15. The molecule has 1 amide bonds. The summed E-state index contributed by atoms with van der Waals surface area (Å²) in [6.45, 7) is 0. The molecule has 0 aliphatic rings. The first kappa shape index (κ1) is 22.0. The van der Waals surface area contributed by atoms with Crippen LogP contribution in [0.25, 0.3) is 11.0 Å². The van der Waals surface area contributed by atoms with Gasteiger partial charge in [-0.15, -0.1) is 0 Å². The fourth-order valence-electron chi connectivity index (χ4n) is 3.19. The number of halogens is 2. The van der Waals surface area contributed by atoms with Gasteiger partial charge in [-0.05, 0) is 36.4 Å². The van der Waals surface area contributed by atoms with E-state index in [0.29, 0.717) is 17.1 Å². The summed E-state index contributed by atoms with van der Waals surface area (Å²) >= 11 is 7.08. The van der Waals surface area contributed by atoms with E-state index < -0.39 is 5.82 Å². The van der Waals surface area contributed by atoms with Gasteiger partial charge in [-0.3, -0.25) is 4.79 Å². The molecule has 4 rings (SSSR count). The molecule has 1 N–H and O–H groups in total. The van der Waals surface area contributed by atoms with Crippen molar-refractivity contribution in [2.45, 2.75) is 11.4 Å². The summed E-state index contributed by atoms with van der Waals surface area (Å²) < 4.78 is 18.8. The molecule has 162 valence electrons. The Balaban J connectivity index is 1.57. The van der Waals surface area contributed by atoms with Crippen LogP contribution in [0.4, 0.5) is 10.1 Å². The lowest BCUT2D eigenvalue weighted by molar-refractivity contribution is -0.113. The molecule has 0 unspecified atom stereocenters. The quantitative estimate of drug-likeness (QED) is 0.350. The average Bonchev–Trinajstić information content (AvgIpc) is 2.80. The fraction of sp³-hybridized carbons (Fsp3) is 0.125. The molecule has 1 aromatic heterocycles. The van der Waals surface area contributed by atoms with E-state index in [1.165, 1.54) is 30.0 Å². The van der Waals surface area contributed by atoms with Crippen molar-refractivity contribution in [3.8, 4) is 5.75 Å². The van der Waals surface area contributed by atoms with Gasteiger partial charge >= 0.3 is 0 Å². The van der Waals surface area contributed by atoms with Crippen molar-refractivity contribution in [2.75, 3.05) is 18.2 Å². The van der Waals surface area contributed by atoms with Gasteiger partial charge in [-0.1, -0.05) is 53.7 Å². The predicted octanol–water partition coefficient (Wildman–Crippen LogP) is 5.75. The number of anilines is 1. The van der Waals surface area contributed by atoms with Crippen molar-refractivity contribution in [2.24, 2.45) is 0 Å². The topological polar surface area (TPSA) is 64.1 Å². The van der Waals surface area contributed by atoms with E-state index in [1.54, 1.807) is 7.11 Å². The summed E-state index contributed by atoms with van der Waals surface area (Å²) in [5, 5.41) is 3.35. The highest BCUT2D eigenvalue weighted by molar-refractivity contribution is 8.00. The molecule has 5 nitrogen and oxygen atoms in total. The molecule has 1 heterocycles. The van der Waals surface area contributed by atoms with Crippen LogP contribution in [0.3, 0.4) is 0 Å². The second kappa shape index (κ2) is 9.97. The van der Waals surface area contributed by atoms with Gasteiger partial charge < -0.3 is 10.1 Å². The summed E-state index contributed by atoms with van der Waals surface area (Å²) in [6.07, 6.45) is 0.513. The first-order valence-corrected chi connectivity index (χ1v) is 11.1. The largest absolute Gasteiger partial charge is 0.496 e. The first-order chi connectivity index (χ1) is 15.5. The van der Waals surface area contributed by atoms with Crippen LogP contribution >= 0.6 is 23.4 Å². The zero-order valence-corrected chi connectivity index (χ0v) is 18.7. The van der Waals surface area contributed by atoms with E-state index >= 15 is 0 Å². The van der Waals surface area contributed by atoms with Crippen molar-refractivity contribution < 1.29 is 13.9 Å². The Morgan fingerprint density at radius 3 is 2.53 bits per heavy atom. The third kappa shape index (κ3) is 5.18. The van der Waals surface area contributed by atoms with E-state index in [9.17, 15) is 9.18 Å². The number of para-hydroxylation sites is 3. The summed E-state index contributed by atoms with van der Waals surface area (Å²) in [4.78, 5) is 22.0. The number of rotatable bonds is 7. The van der Waals surface area contributed by atoms with Crippen molar-refractivity contribution in [3.05, 3.63) is 88.8 Å². The molecule has 0 aliphatic carbocycles. The highest BCUT2D eigenvalue weighted by atomic mass is 35.5. The minimum Gasteiger partial charge on any atom is -0.496 e. The number of carbonyl (C=O) groups excluding carboxylic acids is 1. The number of methoxy groups -OCH3 is 1. The second-order valence-corrected chi connectivity index (χ2v) is 8.29. The van der Waals surface area contributed by atoms with Crippen LogP contribution < -0.4 is 10.1 Å². The van der Waals surface area contributed by atoms with E-state index in [0.717, 1.165) is 28.0 Å². The molecule has 0 bridgehead atoms. The van der Waals surface area contributed by atoms with Crippen LogP contribution in [0, 0.1) is 5.82 Å². The Kier molecular flexibility index (Phi) is 6.87. The molecule has 8 heteroatoms. The maximum atomic E-state index is 13.3. The third-order valence-electron chi connectivity index (χ3n) is 4.70. The molecule has 0 radical (unpaired) electrons. The van der Waals surface area contributed by atoms with Gasteiger partial charge in [0.15, 0.2) is 0 Å². The van der Waals surface area contributed by atoms with Crippen LogP contribution in [0.5, 0.6) is 5.75 Å². The molecule has 32 heavy (non-hydrogen) atoms. The summed E-state index contributed by atoms with van der Waals surface area (Å²) in [5.74, 6) is 0.0904. The van der Waals surface area contributed by atoms with Crippen molar-refractivity contribution in [1.29, 1.82) is 0 Å². The molecule has 4 aromatic rings. The van der Waals surface area contributed by atoms with Crippen molar-refractivity contribution >= 4 is 46.0 Å². The number of nitrogens with one attached hydrogen (secondary N) is 1. The Morgan fingerprint density at radius 2 is 1.78 bits per heavy atom. The van der Waals surface area contributed by atoms with E-state index in [2.05, 4.69) is 5.32 Å². The standard InChI is InChI=1S/C24H19ClFN3O2S/c1-31-22-9-5-2-6-15(22)12-21-24(29-20-8-4-3-7-19(20)28-21)32-14-23(30)27-16-10-11-18(26)17(25)13-16/h2-11,13H,12,14H2,1H3,(H,27,30). The summed E-state index contributed by atoms with van der Waals surface area (Å²) in [6, 6.07) is 19.4. The molecular weight excluding hydrogens is 449 g/mol. The highest BCUT2D eigenvalue weighted by Crippen LogP contribution is 2.28. The molecule has 3 aromatic carbocycles. The Hall–Kier alpha value is -3.16. The number of hydrogen-bond donors (Lipinski definition) is 1. The molecule has 0 spiro atoms. The number of fused-ring (bicyclic) bond motifs is 1. The lowest BCUT2D eigenvalue weighted by Gasteiger charge is -2.12.